The third kappa shape index (κ3) is 2.41. The Bertz CT molecular complexity index is 803. The second-order valence-corrected chi connectivity index (χ2v) is 7.77. The minimum atomic E-state index is -0.866. The lowest BCUT2D eigenvalue weighted by atomic mass is 9.86. The molecule has 1 aromatic rings. The van der Waals surface area contributed by atoms with Gasteiger partial charge in [-0.05, 0) is 43.5 Å². The number of benzene rings is 1. The van der Waals surface area contributed by atoms with E-state index in [-0.39, 0.29) is 30.8 Å². The van der Waals surface area contributed by atoms with Gasteiger partial charge in [-0.2, -0.15) is 0 Å². The summed E-state index contributed by atoms with van der Waals surface area (Å²) in [7, 11) is 0. The number of carbonyl (C=O) groups excluding carboxylic acids is 2. The van der Waals surface area contributed by atoms with Crippen LogP contribution in [0.4, 0.5) is 0 Å². The van der Waals surface area contributed by atoms with Crippen LogP contribution < -0.4 is 9.47 Å². The van der Waals surface area contributed by atoms with Gasteiger partial charge in [0, 0.05) is 25.4 Å². The zero-order valence-corrected chi connectivity index (χ0v) is 14.8. The molecule has 2 bridgehead atoms. The quantitative estimate of drug-likeness (QED) is 0.702. The molecule has 1 amide bonds. The van der Waals surface area contributed by atoms with E-state index in [4.69, 9.17) is 18.9 Å². The van der Waals surface area contributed by atoms with Gasteiger partial charge in [0.15, 0.2) is 23.4 Å². The summed E-state index contributed by atoms with van der Waals surface area (Å²) in [5.41, 5.74) is 1.88. The highest BCUT2D eigenvalue weighted by molar-refractivity contribution is 5.90. The second-order valence-electron chi connectivity index (χ2n) is 7.77. The summed E-state index contributed by atoms with van der Waals surface area (Å²) in [6.45, 7) is 4.68. The molecule has 4 heterocycles. The highest BCUT2D eigenvalue weighted by atomic mass is 16.8. The van der Waals surface area contributed by atoms with Crippen molar-refractivity contribution >= 4 is 11.7 Å². The van der Waals surface area contributed by atoms with E-state index in [1.54, 1.807) is 18.7 Å². The Morgan fingerprint density at radius 1 is 1.12 bits per heavy atom. The number of rotatable bonds is 0. The minimum Gasteiger partial charge on any atom is -0.454 e. The molecule has 7 nitrogen and oxygen atoms in total. The second kappa shape index (κ2) is 5.44. The molecule has 4 aliphatic heterocycles. The maximum Gasteiger partial charge on any atom is 0.254 e. The molecule has 7 heteroatoms. The van der Waals surface area contributed by atoms with Crippen LogP contribution in [0.3, 0.4) is 0 Å². The predicted octanol–water partition coefficient (Wildman–Crippen LogP) is 1.72. The van der Waals surface area contributed by atoms with Crippen LogP contribution in [-0.4, -0.2) is 47.9 Å². The first-order valence-corrected chi connectivity index (χ1v) is 9.01. The standard InChI is InChI=1S/C19H21NO6/c1-19(2)25-16-7-13(21)11-3-4-20(18(22)17(16)26-19)8-10-5-14-15(6-12(10)11)24-9-23-14/h5-6,11,16-17H,3-4,7-9H2,1-2H3/t11-,16-,17+/m1/s1. The van der Waals surface area contributed by atoms with Crippen molar-refractivity contribution in [1.29, 1.82) is 0 Å². The number of hydrogen-bond acceptors (Lipinski definition) is 6. The Balaban J connectivity index is 1.60. The van der Waals surface area contributed by atoms with E-state index in [2.05, 4.69) is 0 Å². The molecule has 0 saturated carbocycles. The minimum absolute atomic E-state index is 0.0814. The average molecular weight is 359 g/mol. The molecule has 4 aliphatic rings. The first kappa shape index (κ1) is 16.1. The molecule has 138 valence electrons. The summed E-state index contributed by atoms with van der Waals surface area (Å²) in [4.78, 5) is 28.0. The Labute approximate surface area is 151 Å². The van der Waals surface area contributed by atoms with E-state index in [1.165, 1.54) is 0 Å². The zero-order chi connectivity index (χ0) is 18.1. The normalized spacial score (nSPS) is 31.8. The number of nitrogens with zero attached hydrogens (tertiary/aromatic N) is 1. The van der Waals surface area contributed by atoms with Crippen molar-refractivity contribution in [3.63, 3.8) is 0 Å². The summed E-state index contributed by atoms with van der Waals surface area (Å²) in [5.74, 6) is 0.162. The Hall–Kier alpha value is -2.12. The first-order valence-electron chi connectivity index (χ1n) is 9.01. The van der Waals surface area contributed by atoms with E-state index >= 15 is 0 Å². The topological polar surface area (TPSA) is 74.3 Å². The van der Waals surface area contributed by atoms with Crippen molar-refractivity contribution in [2.75, 3.05) is 13.3 Å². The molecule has 5 rings (SSSR count). The van der Waals surface area contributed by atoms with Gasteiger partial charge in [-0.1, -0.05) is 0 Å². The highest BCUT2D eigenvalue weighted by Gasteiger charge is 2.49. The molecule has 0 aliphatic carbocycles. The van der Waals surface area contributed by atoms with Crippen LogP contribution in [0.5, 0.6) is 11.5 Å². The van der Waals surface area contributed by atoms with E-state index in [9.17, 15) is 9.59 Å². The summed E-state index contributed by atoms with van der Waals surface area (Å²) in [5, 5.41) is 0. The lowest BCUT2D eigenvalue weighted by Gasteiger charge is -2.26. The first-order chi connectivity index (χ1) is 12.4. The largest absolute Gasteiger partial charge is 0.454 e. The van der Waals surface area contributed by atoms with E-state index in [1.807, 2.05) is 12.1 Å². The van der Waals surface area contributed by atoms with Crippen molar-refractivity contribution in [3.8, 4) is 11.5 Å². The van der Waals surface area contributed by atoms with Crippen LogP contribution >= 0.6 is 0 Å². The van der Waals surface area contributed by atoms with Crippen molar-refractivity contribution in [2.24, 2.45) is 0 Å². The Morgan fingerprint density at radius 3 is 2.69 bits per heavy atom. The van der Waals surface area contributed by atoms with Crippen LogP contribution in [0.2, 0.25) is 0 Å². The number of hydrogen-bond donors (Lipinski definition) is 0. The molecular formula is C19H21NO6. The van der Waals surface area contributed by atoms with Gasteiger partial charge >= 0.3 is 0 Å². The molecule has 0 spiro atoms. The fourth-order valence-electron chi connectivity index (χ4n) is 4.42. The summed E-state index contributed by atoms with van der Waals surface area (Å²) >= 11 is 0. The molecule has 0 radical (unpaired) electrons. The van der Waals surface area contributed by atoms with E-state index in [0.29, 0.717) is 31.0 Å². The summed E-state index contributed by atoms with van der Waals surface area (Å²) in [6.07, 6.45) is -0.501. The van der Waals surface area contributed by atoms with Crippen LogP contribution in [0.15, 0.2) is 12.1 Å². The smallest absolute Gasteiger partial charge is 0.254 e. The lowest BCUT2D eigenvalue weighted by Crippen LogP contribution is -2.43. The zero-order valence-electron chi connectivity index (χ0n) is 14.8. The van der Waals surface area contributed by atoms with Gasteiger partial charge in [-0.3, -0.25) is 9.59 Å². The monoisotopic (exact) mass is 359 g/mol. The van der Waals surface area contributed by atoms with Gasteiger partial charge in [-0.25, -0.2) is 0 Å². The molecular weight excluding hydrogens is 338 g/mol. The third-order valence-corrected chi connectivity index (χ3v) is 5.59. The van der Waals surface area contributed by atoms with Crippen molar-refractivity contribution in [3.05, 3.63) is 23.3 Å². The Kier molecular flexibility index (Phi) is 3.36. The van der Waals surface area contributed by atoms with Gasteiger partial charge < -0.3 is 23.8 Å². The molecule has 26 heavy (non-hydrogen) atoms. The number of fused-ring (bicyclic) bond motifs is 7. The number of ketones is 1. The highest BCUT2D eigenvalue weighted by Crippen LogP contribution is 2.42. The van der Waals surface area contributed by atoms with Crippen molar-refractivity contribution in [1.82, 2.24) is 4.90 Å². The van der Waals surface area contributed by atoms with Crippen molar-refractivity contribution < 1.29 is 28.5 Å². The van der Waals surface area contributed by atoms with E-state index in [0.717, 1.165) is 11.1 Å². The summed E-state index contributed by atoms with van der Waals surface area (Å²) in [6, 6.07) is 3.81. The maximum atomic E-state index is 13.1. The molecule has 1 aromatic carbocycles. The van der Waals surface area contributed by atoms with Crippen molar-refractivity contribution in [2.45, 2.75) is 57.1 Å². The third-order valence-electron chi connectivity index (χ3n) is 5.59. The molecule has 2 fully saturated rings. The number of ether oxygens (including phenoxy) is 4. The number of amides is 1. The lowest BCUT2D eigenvalue weighted by molar-refractivity contribution is -0.162. The Morgan fingerprint density at radius 2 is 1.88 bits per heavy atom. The average Bonchev–Trinajstić information content (AvgIpc) is 3.09. The molecule has 3 atom stereocenters. The fraction of sp³-hybridized carbons (Fsp3) is 0.579. The number of Topliss-reactive ketones (excluding diaryl/α,β-unsaturated/α-hetero) is 1. The van der Waals surface area contributed by atoms with Crippen LogP contribution in [0.1, 0.15) is 43.7 Å². The number of carbonyl (C=O) groups is 2. The van der Waals surface area contributed by atoms with Gasteiger partial charge in [-0.15, -0.1) is 0 Å². The predicted molar refractivity (Wildman–Crippen MR) is 88.8 cm³/mol. The van der Waals surface area contributed by atoms with Gasteiger partial charge in [0.05, 0.1) is 0 Å². The van der Waals surface area contributed by atoms with Crippen LogP contribution in [-0.2, 0) is 25.6 Å². The fourth-order valence-corrected chi connectivity index (χ4v) is 4.42. The summed E-state index contributed by atoms with van der Waals surface area (Å²) < 4.78 is 22.7. The molecule has 0 unspecified atom stereocenters. The van der Waals surface area contributed by atoms with Gasteiger partial charge in [0.1, 0.15) is 11.9 Å². The molecule has 2 saturated heterocycles. The van der Waals surface area contributed by atoms with Gasteiger partial charge in [0.25, 0.3) is 5.91 Å². The SMILES string of the molecule is CC1(C)O[C@@H]2C(=O)N3CC[C@@H](C(=O)C[C@H]2O1)c1cc2c(cc1C3)OCO2. The molecule has 0 aromatic heterocycles. The van der Waals surface area contributed by atoms with E-state index < -0.39 is 18.0 Å². The van der Waals surface area contributed by atoms with Crippen LogP contribution in [0, 0.1) is 0 Å². The van der Waals surface area contributed by atoms with Gasteiger partial charge in [0.2, 0.25) is 6.79 Å². The van der Waals surface area contributed by atoms with Crippen LogP contribution in [0.25, 0.3) is 0 Å². The maximum absolute atomic E-state index is 13.1. The molecule has 0 N–H and O–H groups in total.